The van der Waals surface area contributed by atoms with Crippen LogP contribution in [0.1, 0.15) is 48.3 Å². The van der Waals surface area contributed by atoms with Crippen molar-refractivity contribution in [1.29, 1.82) is 0 Å². The second-order valence-electron chi connectivity index (χ2n) is 7.81. The number of rotatable bonds is 6. The molecule has 0 aromatic heterocycles. The number of Topliss-reactive ketones (excluding diaryl/α,β-unsaturated/α-hetero) is 1. The molecule has 1 aliphatic heterocycles. The maximum Gasteiger partial charge on any atom is 0.159 e. The fraction of sp³-hybridized carbons (Fsp3) is 0.375. The lowest BCUT2D eigenvalue weighted by atomic mass is 9.92. The van der Waals surface area contributed by atoms with Crippen LogP contribution in [0.3, 0.4) is 0 Å². The van der Waals surface area contributed by atoms with E-state index in [-0.39, 0.29) is 17.6 Å². The normalized spacial score (nSPS) is 22.0. The molecule has 1 fully saturated rings. The zero-order valence-electron chi connectivity index (χ0n) is 17.0. The van der Waals surface area contributed by atoms with E-state index >= 15 is 0 Å². The Kier molecular flexibility index (Phi) is 6.32. The minimum absolute atomic E-state index is 0.0245. The van der Waals surface area contributed by atoms with Crippen molar-refractivity contribution in [2.75, 3.05) is 19.6 Å². The van der Waals surface area contributed by atoms with Gasteiger partial charge in [0.25, 0.3) is 0 Å². The number of carbonyl (C=O) groups is 1. The Morgan fingerprint density at radius 2 is 1.86 bits per heavy atom. The smallest absolute Gasteiger partial charge is 0.159 e. The van der Waals surface area contributed by atoms with E-state index < -0.39 is 0 Å². The highest BCUT2D eigenvalue weighted by Crippen LogP contribution is 2.34. The first-order chi connectivity index (χ1) is 13.4. The average molecular weight is 379 g/mol. The van der Waals surface area contributed by atoms with Crippen LogP contribution < -0.4 is 0 Å². The molecule has 0 aliphatic carbocycles. The topological polar surface area (TPSA) is 43.8 Å². The Labute approximate surface area is 168 Å². The molecule has 0 saturated carbocycles. The summed E-state index contributed by atoms with van der Waals surface area (Å²) in [6.07, 6.45) is 1.96. The minimum Gasteiger partial charge on any atom is -0.508 e. The van der Waals surface area contributed by atoms with E-state index in [4.69, 9.17) is 0 Å². The van der Waals surface area contributed by atoms with Gasteiger partial charge in [0.05, 0.1) is 6.04 Å². The van der Waals surface area contributed by atoms with Gasteiger partial charge in [-0.1, -0.05) is 42.5 Å². The third-order valence-corrected chi connectivity index (χ3v) is 5.68. The summed E-state index contributed by atoms with van der Waals surface area (Å²) in [6.45, 7) is 12.8. The summed E-state index contributed by atoms with van der Waals surface area (Å²) in [6, 6.07) is 16.2. The highest BCUT2D eigenvalue weighted by molar-refractivity contribution is 5.94. The molecule has 1 saturated heterocycles. The van der Waals surface area contributed by atoms with Crippen molar-refractivity contribution in [3.63, 3.8) is 0 Å². The van der Waals surface area contributed by atoms with Crippen LogP contribution in [-0.4, -0.2) is 52.4 Å². The predicted molar refractivity (Wildman–Crippen MR) is 114 cm³/mol. The van der Waals surface area contributed by atoms with Gasteiger partial charge in [-0.05, 0) is 44.0 Å². The van der Waals surface area contributed by atoms with Crippen LogP contribution in [0, 0.1) is 0 Å². The van der Waals surface area contributed by atoms with Gasteiger partial charge in [0.1, 0.15) is 5.75 Å². The van der Waals surface area contributed by atoms with Crippen LogP contribution in [0.5, 0.6) is 5.75 Å². The van der Waals surface area contributed by atoms with E-state index in [1.165, 1.54) is 0 Å². The SMILES string of the molecule is C=CCN1C[C@@H](C)N([C@@H](c2ccc(C(C)=O)cc2)c2cccc(O)c2)C[C@H]1C. The highest BCUT2D eigenvalue weighted by Gasteiger charge is 2.34. The van der Waals surface area contributed by atoms with Crippen molar-refractivity contribution < 1.29 is 9.90 Å². The van der Waals surface area contributed by atoms with E-state index in [0.717, 1.165) is 36.3 Å². The molecule has 3 rings (SSSR count). The first-order valence-corrected chi connectivity index (χ1v) is 9.91. The first kappa shape index (κ1) is 20.3. The van der Waals surface area contributed by atoms with Gasteiger partial charge >= 0.3 is 0 Å². The van der Waals surface area contributed by atoms with Crippen LogP contribution in [0.25, 0.3) is 0 Å². The molecule has 2 aromatic carbocycles. The molecule has 0 radical (unpaired) electrons. The highest BCUT2D eigenvalue weighted by atomic mass is 16.3. The molecule has 0 amide bonds. The lowest BCUT2D eigenvalue weighted by molar-refractivity contribution is 0.0306. The Balaban J connectivity index is 1.99. The third-order valence-electron chi connectivity index (χ3n) is 5.68. The van der Waals surface area contributed by atoms with Crippen LogP contribution in [0.15, 0.2) is 61.2 Å². The molecular formula is C24H30N2O2. The molecule has 1 heterocycles. The van der Waals surface area contributed by atoms with Crippen molar-refractivity contribution in [3.05, 3.63) is 77.9 Å². The fourth-order valence-electron chi connectivity index (χ4n) is 4.18. The number of carbonyl (C=O) groups excluding carboxylic acids is 1. The summed E-state index contributed by atoms with van der Waals surface area (Å²) in [5, 5.41) is 10.1. The summed E-state index contributed by atoms with van der Waals surface area (Å²) in [7, 11) is 0. The van der Waals surface area contributed by atoms with Crippen molar-refractivity contribution in [2.24, 2.45) is 0 Å². The number of nitrogens with zero attached hydrogens (tertiary/aromatic N) is 2. The summed E-state index contributed by atoms with van der Waals surface area (Å²) < 4.78 is 0. The van der Waals surface area contributed by atoms with E-state index in [0.29, 0.717) is 12.1 Å². The molecular weight excluding hydrogens is 348 g/mol. The molecule has 4 heteroatoms. The Bertz CT molecular complexity index is 831. The summed E-state index contributed by atoms with van der Waals surface area (Å²) in [5.74, 6) is 0.342. The fourth-order valence-corrected chi connectivity index (χ4v) is 4.18. The predicted octanol–water partition coefficient (Wildman–Crippen LogP) is 4.26. The van der Waals surface area contributed by atoms with Crippen molar-refractivity contribution in [2.45, 2.75) is 38.9 Å². The molecule has 0 bridgehead atoms. The minimum atomic E-state index is 0.0245. The van der Waals surface area contributed by atoms with Crippen LogP contribution in [-0.2, 0) is 0 Å². The van der Waals surface area contributed by atoms with Gasteiger partial charge in [-0.15, -0.1) is 6.58 Å². The van der Waals surface area contributed by atoms with Crippen molar-refractivity contribution in [3.8, 4) is 5.75 Å². The van der Waals surface area contributed by atoms with Crippen LogP contribution >= 0.6 is 0 Å². The number of hydrogen-bond acceptors (Lipinski definition) is 4. The maximum absolute atomic E-state index is 11.7. The first-order valence-electron chi connectivity index (χ1n) is 9.91. The monoisotopic (exact) mass is 378 g/mol. The summed E-state index contributed by atoms with van der Waals surface area (Å²) in [4.78, 5) is 16.6. The van der Waals surface area contributed by atoms with Crippen LogP contribution in [0.2, 0.25) is 0 Å². The van der Waals surface area contributed by atoms with Gasteiger partial charge in [-0.2, -0.15) is 0 Å². The summed E-state index contributed by atoms with van der Waals surface area (Å²) >= 11 is 0. The van der Waals surface area contributed by atoms with Gasteiger partial charge in [0.2, 0.25) is 0 Å². The summed E-state index contributed by atoms with van der Waals surface area (Å²) in [5.41, 5.74) is 2.91. The molecule has 1 aliphatic rings. The molecule has 2 aromatic rings. The second kappa shape index (κ2) is 8.72. The molecule has 1 N–H and O–H groups in total. The third kappa shape index (κ3) is 4.34. The molecule has 148 valence electrons. The quantitative estimate of drug-likeness (QED) is 0.602. The van der Waals surface area contributed by atoms with Crippen molar-refractivity contribution in [1.82, 2.24) is 9.80 Å². The number of phenolic OH excluding ortho intramolecular Hbond substituents is 1. The molecule has 0 spiro atoms. The molecule has 0 unspecified atom stereocenters. The Morgan fingerprint density at radius 1 is 1.14 bits per heavy atom. The molecule has 4 nitrogen and oxygen atoms in total. The Morgan fingerprint density at radius 3 is 2.46 bits per heavy atom. The number of piperazine rings is 1. The van der Waals surface area contributed by atoms with Gasteiger partial charge in [-0.25, -0.2) is 0 Å². The zero-order chi connectivity index (χ0) is 20.3. The number of phenols is 1. The second-order valence-corrected chi connectivity index (χ2v) is 7.81. The van der Waals surface area contributed by atoms with Gasteiger partial charge < -0.3 is 5.11 Å². The van der Waals surface area contributed by atoms with E-state index in [9.17, 15) is 9.90 Å². The number of aromatic hydroxyl groups is 1. The molecule has 28 heavy (non-hydrogen) atoms. The van der Waals surface area contributed by atoms with Gasteiger partial charge in [-0.3, -0.25) is 14.6 Å². The lowest BCUT2D eigenvalue weighted by Crippen LogP contribution is -2.57. The number of hydrogen-bond donors (Lipinski definition) is 1. The number of ketones is 1. The average Bonchev–Trinajstić information content (AvgIpc) is 2.66. The largest absolute Gasteiger partial charge is 0.508 e. The van der Waals surface area contributed by atoms with E-state index in [1.807, 2.05) is 42.5 Å². The van der Waals surface area contributed by atoms with Crippen LogP contribution in [0.4, 0.5) is 0 Å². The van der Waals surface area contributed by atoms with E-state index in [1.54, 1.807) is 13.0 Å². The zero-order valence-corrected chi connectivity index (χ0v) is 17.0. The van der Waals surface area contributed by atoms with Gasteiger partial charge in [0, 0.05) is 37.3 Å². The Hall–Kier alpha value is -2.43. The van der Waals surface area contributed by atoms with Crippen molar-refractivity contribution >= 4 is 5.78 Å². The van der Waals surface area contributed by atoms with Gasteiger partial charge in [0.15, 0.2) is 5.78 Å². The lowest BCUT2D eigenvalue weighted by Gasteiger charge is -2.47. The standard InChI is InChI=1S/C24H30N2O2/c1-5-13-25-15-18(3)26(16-17(25)2)24(22-7-6-8-23(28)14-22)21-11-9-20(10-12-21)19(4)27/h5-12,14,17-18,24,28H,1,13,15-16H2,2-4H3/t17-,18-,24+/m1/s1. The maximum atomic E-state index is 11.7. The van der Waals surface area contributed by atoms with E-state index in [2.05, 4.69) is 36.3 Å². The number of benzene rings is 2. The molecule has 3 atom stereocenters.